The number of amides is 3. The number of rotatable bonds is 6. The molecule has 5 heterocycles. The van der Waals surface area contributed by atoms with E-state index >= 15 is 0 Å². The molecule has 2 fully saturated rings. The molecule has 9 nitrogen and oxygen atoms in total. The predicted octanol–water partition coefficient (Wildman–Crippen LogP) is 2.53. The fraction of sp³-hybridized carbons (Fsp3) is 0.407. The second kappa shape index (κ2) is 9.39. The van der Waals surface area contributed by atoms with Crippen LogP contribution in [0.25, 0.3) is 5.65 Å². The van der Waals surface area contributed by atoms with Gasteiger partial charge in [0.05, 0.1) is 0 Å². The number of hydrogen-bond acceptors (Lipinski definition) is 6. The Labute approximate surface area is 209 Å². The highest BCUT2D eigenvalue weighted by molar-refractivity contribution is 6.05. The highest BCUT2D eigenvalue weighted by Crippen LogP contribution is 2.31. The van der Waals surface area contributed by atoms with Crippen molar-refractivity contribution in [3.8, 4) is 5.75 Å². The Balaban J connectivity index is 1.12. The summed E-state index contributed by atoms with van der Waals surface area (Å²) in [5, 5.41) is 2.34. The number of imide groups is 1. The Morgan fingerprint density at radius 3 is 2.89 bits per heavy atom. The highest BCUT2D eigenvalue weighted by atomic mass is 16.5. The molecular weight excluding hydrogens is 458 g/mol. The summed E-state index contributed by atoms with van der Waals surface area (Å²) in [7, 11) is 0. The number of aromatic nitrogens is 2. The van der Waals surface area contributed by atoms with Crippen molar-refractivity contribution in [2.24, 2.45) is 0 Å². The van der Waals surface area contributed by atoms with Gasteiger partial charge in [-0.1, -0.05) is 12.5 Å². The molecule has 1 N–H and O–H groups in total. The fourth-order valence-electron chi connectivity index (χ4n) is 5.64. The summed E-state index contributed by atoms with van der Waals surface area (Å²) in [5.74, 6) is -0.119. The van der Waals surface area contributed by atoms with Crippen LogP contribution in [0.15, 0.2) is 48.9 Å². The first-order chi connectivity index (χ1) is 17.6. The minimum Gasteiger partial charge on any atom is -0.492 e. The van der Waals surface area contributed by atoms with Gasteiger partial charge in [-0.2, -0.15) is 0 Å². The largest absolute Gasteiger partial charge is 0.492 e. The molecule has 2 saturated heterocycles. The molecule has 9 heteroatoms. The molecule has 0 radical (unpaired) electrons. The standard InChI is InChI=1S/C27H29N5O4/c33-24-9-8-23(26(34)29-24)32-16-19-14-21(6-7-22(19)27(32)35)36-17-20-5-1-2-11-31(20)15-18-4-3-12-30-13-10-28-25(18)30/h3-4,6-7,10,12-14,20,23H,1-2,5,8-9,11,15-17H2,(H,29,33,34)/t20-,23?/m1/s1. The van der Waals surface area contributed by atoms with Crippen LogP contribution in [0.1, 0.15) is 53.6 Å². The zero-order valence-corrected chi connectivity index (χ0v) is 20.1. The highest BCUT2D eigenvalue weighted by Gasteiger charge is 2.39. The summed E-state index contributed by atoms with van der Waals surface area (Å²) in [5.41, 5.74) is 3.65. The van der Waals surface area contributed by atoms with Crippen LogP contribution in [0.3, 0.4) is 0 Å². The summed E-state index contributed by atoms with van der Waals surface area (Å²) in [6.07, 6.45) is 9.84. The van der Waals surface area contributed by atoms with E-state index in [-0.39, 0.29) is 18.2 Å². The molecule has 1 aromatic carbocycles. The first-order valence-corrected chi connectivity index (χ1v) is 12.6. The average Bonchev–Trinajstić information content (AvgIpc) is 3.49. The molecule has 3 amide bonds. The van der Waals surface area contributed by atoms with Crippen molar-refractivity contribution in [2.75, 3.05) is 13.2 Å². The van der Waals surface area contributed by atoms with Crippen molar-refractivity contribution in [1.82, 2.24) is 24.5 Å². The van der Waals surface area contributed by atoms with Crippen LogP contribution in [0.4, 0.5) is 0 Å². The van der Waals surface area contributed by atoms with Crippen molar-refractivity contribution in [3.05, 3.63) is 65.6 Å². The van der Waals surface area contributed by atoms with E-state index in [9.17, 15) is 14.4 Å². The lowest BCUT2D eigenvalue weighted by Gasteiger charge is -2.35. The minimum atomic E-state index is -0.609. The first-order valence-electron chi connectivity index (χ1n) is 12.6. The molecule has 0 bridgehead atoms. The second-order valence-electron chi connectivity index (χ2n) is 9.84. The third-order valence-electron chi connectivity index (χ3n) is 7.56. The Morgan fingerprint density at radius 2 is 2.00 bits per heavy atom. The van der Waals surface area contributed by atoms with E-state index in [1.807, 2.05) is 30.7 Å². The maximum atomic E-state index is 12.9. The molecular formula is C27H29N5O4. The quantitative estimate of drug-likeness (QED) is 0.537. The van der Waals surface area contributed by atoms with Crippen LogP contribution in [-0.2, 0) is 22.7 Å². The van der Waals surface area contributed by atoms with Crippen molar-refractivity contribution in [2.45, 2.75) is 57.3 Å². The van der Waals surface area contributed by atoms with E-state index < -0.39 is 11.9 Å². The van der Waals surface area contributed by atoms with Crippen molar-refractivity contribution in [3.63, 3.8) is 0 Å². The Kier molecular flexibility index (Phi) is 5.92. The van der Waals surface area contributed by atoms with Crippen LogP contribution in [0.5, 0.6) is 5.75 Å². The molecule has 6 rings (SSSR count). The molecule has 2 atom stereocenters. The van der Waals surface area contributed by atoms with E-state index in [4.69, 9.17) is 4.74 Å². The Bertz CT molecular complexity index is 1330. The van der Waals surface area contributed by atoms with Gasteiger partial charge in [-0.3, -0.25) is 24.6 Å². The number of imidazole rings is 1. The number of piperidine rings is 2. The topological polar surface area (TPSA) is 96.2 Å². The van der Waals surface area contributed by atoms with E-state index in [0.29, 0.717) is 31.2 Å². The van der Waals surface area contributed by atoms with Gasteiger partial charge in [0, 0.05) is 55.3 Å². The van der Waals surface area contributed by atoms with Gasteiger partial charge in [0.25, 0.3) is 5.91 Å². The van der Waals surface area contributed by atoms with Gasteiger partial charge < -0.3 is 14.0 Å². The van der Waals surface area contributed by atoms with Crippen LogP contribution in [-0.4, -0.2) is 62.1 Å². The molecule has 1 unspecified atom stereocenters. The lowest BCUT2D eigenvalue weighted by atomic mass is 10.0. The second-order valence-corrected chi connectivity index (χ2v) is 9.84. The van der Waals surface area contributed by atoms with Gasteiger partial charge in [0.2, 0.25) is 11.8 Å². The van der Waals surface area contributed by atoms with E-state index in [2.05, 4.69) is 31.7 Å². The molecule has 0 aliphatic carbocycles. The first kappa shape index (κ1) is 22.7. The number of nitrogens with one attached hydrogen (secondary N) is 1. The van der Waals surface area contributed by atoms with E-state index in [1.165, 1.54) is 18.4 Å². The number of pyridine rings is 1. The summed E-state index contributed by atoms with van der Waals surface area (Å²) in [6.45, 7) is 2.77. The maximum Gasteiger partial charge on any atom is 0.255 e. The SMILES string of the molecule is O=C1CCC(N2Cc3cc(OC[C@H]4CCCCN4Cc4cccn5ccnc45)ccc3C2=O)C(=O)N1. The average molecular weight is 488 g/mol. The van der Waals surface area contributed by atoms with Gasteiger partial charge in [0.15, 0.2) is 0 Å². The Morgan fingerprint density at radius 1 is 1.08 bits per heavy atom. The summed E-state index contributed by atoms with van der Waals surface area (Å²) >= 11 is 0. The lowest BCUT2D eigenvalue weighted by Crippen LogP contribution is -2.52. The van der Waals surface area contributed by atoms with E-state index in [1.54, 1.807) is 11.0 Å². The molecule has 3 aliphatic rings. The van der Waals surface area contributed by atoms with Crippen LogP contribution >= 0.6 is 0 Å². The molecule has 0 saturated carbocycles. The number of hydrogen-bond donors (Lipinski definition) is 1. The molecule has 2 aromatic heterocycles. The summed E-state index contributed by atoms with van der Waals surface area (Å²) in [4.78, 5) is 45.3. The molecule has 0 spiro atoms. The van der Waals surface area contributed by atoms with Crippen LogP contribution in [0, 0.1) is 0 Å². The predicted molar refractivity (Wildman–Crippen MR) is 131 cm³/mol. The summed E-state index contributed by atoms with van der Waals surface area (Å²) in [6, 6.07) is 9.42. The van der Waals surface area contributed by atoms with Gasteiger partial charge in [0.1, 0.15) is 24.0 Å². The number of carbonyl (C=O) groups excluding carboxylic acids is 3. The van der Waals surface area contributed by atoms with Crippen molar-refractivity contribution in [1.29, 1.82) is 0 Å². The molecule has 36 heavy (non-hydrogen) atoms. The monoisotopic (exact) mass is 487 g/mol. The number of likely N-dealkylation sites (tertiary alicyclic amines) is 1. The smallest absolute Gasteiger partial charge is 0.255 e. The van der Waals surface area contributed by atoms with Crippen molar-refractivity contribution >= 4 is 23.4 Å². The van der Waals surface area contributed by atoms with Crippen LogP contribution < -0.4 is 10.1 Å². The van der Waals surface area contributed by atoms with Gasteiger partial charge in [-0.15, -0.1) is 0 Å². The maximum absolute atomic E-state index is 12.9. The molecule has 3 aliphatic heterocycles. The van der Waals surface area contributed by atoms with E-state index in [0.717, 1.165) is 36.5 Å². The number of ether oxygens (including phenoxy) is 1. The third kappa shape index (κ3) is 4.24. The van der Waals surface area contributed by atoms with Gasteiger partial charge in [-0.25, -0.2) is 4.98 Å². The van der Waals surface area contributed by atoms with Crippen molar-refractivity contribution < 1.29 is 19.1 Å². The zero-order chi connectivity index (χ0) is 24.6. The molecule has 186 valence electrons. The Hall–Kier alpha value is -3.72. The third-order valence-corrected chi connectivity index (χ3v) is 7.56. The number of nitrogens with zero attached hydrogens (tertiary/aromatic N) is 4. The zero-order valence-electron chi connectivity index (χ0n) is 20.1. The van der Waals surface area contributed by atoms with Crippen LogP contribution in [0.2, 0.25) is 0 Å². The normalized spacial score (nSPS) is 22.7. The summed E-state index contributed by atoms with van der Waals surface area (Å²) < 4.78 is 8.30. The van der Waals surface area contributed by atoms with Gasteiger partial charge >= 0.3 is 0 Å². The number of carbonyl (C=O) groups is 3. The van der Waals surface area contributed by atoms with Gasteiger partial charge in [-0.05, 0) is 55.6 Å². The fourth-order valence-corrected chi connectivity index (χ4v) is 5.64. The number of fused-ring (bicyclic) bond motifs is 2. The lowest BCUT2D eigenvalue weighted by molar-refractivity contribution is -0.136. The number of benzene rings is 1. The minimum absolute atomic E-state index is 0.169. The molecule has 3 aromatic rings.